The standard InChI is InChI=1S/C11H11NO5S3/c1-19(14,15)8-4-5-10(13)9(7-8)12-20(16,17)11-3-2-6-18-11/h2-7,12-13H,1H3. The molecule has 1 aromatic heterocycles. The third-order valence-corrected chi connectivity index (χ3v) is 6.27. The first-order valence-electron chi connectivity index (χ1n) is 5.29. The molecule has 1 heterocycles. The average molecular weight is 333 g/mol. The second-order valence-electron chi connectivity index (χ2n) is 3.99. The largest absolute Gasteiger partial charge is 0.506 e. The first-order valence-corrected chi connectivity index (χ1v) is 9.55. The fourth-order valence-electron chi connectivity index (χ4n) is 1.44. The molecule has 0 bridgehead atoms. The van der Waals surface area contributed by atoms with Gasteiger partial charge in [-0.2, -0.15) is 0 Å². The molecule has 0 aliphatic carbocycles. The molecule has 0 spiro atoms. The Kier molecular flexibility index (Phi) is 3.76. The molecule has 0 saturated heterocycles. The number of nitrogens with one attached hydrogen (secondary N) is 1. The molecule has 0 aliphatic rings. The number of hydrogen-bond acceptors (Lipinski definition) is 6. The minimum absolute atomic E-state index is 0.0710. The van der Waals surface area contributed by atoms with Crippen LogP contribution in [0.4, 0.5) is 5.69 Å². The van der Waals surface area contributed by atoms with Crippen LogP contribution in [0, 0.1) is 0 Å². The van der Waals surface area contributed by atoms with Gasteiger partial charge in [-0.25, -0.2) is 16.8 Å². The molecular formula is C11H11NO5S3. The van der Waals surface area contributed by atoms with E-state index < -0.39 is 19.9 Å². The second kappa shape index (κ2) is 5.08. The number of benzene rings is 1. The second-order valence-corrected chi connectivity index (χ2v) is 8.86. The summed E-state index contributed by atoms with van der Waals surface area (Å²) in [5, 5.41) is 11.2. The normalized spacial score (nSPS) is 12.2. The SMILES string of the molecule is CS(=O)(=O)c1ccc(O)c(NS(=O)(=O)c2cccs2)c1. The molecule has 0 radical (unpaired) electrons. The summed E-state index contributed by atoms with van der Waals surface area (Å²) in [6.07, 6.45) is 0.997. The molecule has 2 aromatic rings. The van der Waals surface area contributed by atoms with Crippen LogP contribution in [0.5, 0.6) is 5.75 Å². The highest BCUT2D eigenvalue weighted by molar-refractivity contribution is 7.94. The molecule has 0 saturated carbocycles. The molecule has 6 nitrogen and oxygen atoms in total. The minimum atomic E-state index is -3.84. The molecule has 0 fully saturated rings. The van der Waals surface area contributed by atoms with E-state index in [0.29, 0.717) is 0 Å². The van der Waals surface area contributed by atoms with Crippen LogP contribution in [0.1, 0.15) is 0 Å². The third kappa shape index (κ3) is 3.11. The maximum atomic E-state index is 12.0. The van der Waals surface area contributed by atoms with Gasteiger partial charge in [0.15, 0.2) is 9.84 Å². The van der Waals surface area contributed by atoms with E-state index in [1.54, 1.807) is 11.4 Å². The monoisotopic (exact) mass is 333 g/mol. The van der Waals surface area contributed by atoms with Crippen molar-refractivity contribution in [3.8, 4) is 5.75 Å². The number of phenols is 1. The molecule has 0 atom stereocenters. The molecular weight excluding hydrogens is 322 g/mol. The van der Waals surface area contributed by atoms with Crippen molar-refractivity contribution >= 4 is 36.9 Å². The van der Waals surface area contributed by atoms with Gasteiger partial charge in [0.25, 0.3) is 10.0 Å². The molecule has 2 rings (SSSR count). The molecule has 0 unspecified atom stereocenters. The topological polar surface area (TPSA) is 101 Å². The summed E-state index contributed by atoms with van der Waals surface area (Å²) in [5.41, 5.74) is -0.179. The van der Waals surface area contributed by atoms with Crippen LogP contribution >= 0.6 is 11.3 Å². The maximum absolute atomic E-state index is 12.0. The van der Waals surface area contributed by atoms with Gasteiger partial charge in [-0.1, -0.05) is 6.07 Å². The van der Waals surface area contributed by atoms with Gasteiger partial charge in [0, 0.05) is 6.26 Å². The highest BCUT2D eigenvalue weighted by Gasteiger charge is 2.18. The minimum Gasteiger partial charge on any atom is -0.506 e. The van der Waals surface area contributed by atoms with Gasteiger partial charge in [-0.05, 0) is 29.6 Å². The summed E-state index contributed by atoms with van der Waals surface area (Å²) in [4.78, 5) is -0.0841. The van der Waals surface area contributed by atoms with Crippen LogP contribution in [-0.2, 0) is 19.9 Å². The van der Waals surface area contributed by atoms with Crippen LogP contribution in [0.15, 0.2) is 44.8 Å². The zero-order valence-electron chi connectivity index (χ0n) is 10.3. The van der Waals surface area contributed by atoms with Crippen molar-refractivity contribution in [1.82, 2.24) is 0 Å². The Labute approximate surface area is 120 Å². The number of thiophene rings is 1. The lowest BCUT2D eigenvalue weighted by Gasteiger charge is -2.09. The number of anilines is 1. The van der Waals surface area contributed by atoms with E-state index in [1.165, 1.54) is 12.1 Å². The maximum Gasteiger partial charge on any atom is 0.271 e. The fraction of sp³-hybridized carbons (Fsp3) is 0.0909. The number of rotatable bonds is 4. The van der Waals surface area contributed by atoms with Crippen LogP contribution < -0.4 is 4.72 Å². The molecule has 2 N–H and O–H groups in total. The van der Waals surface area contributed by atoms with Crippen molar-refractivity contribution in [1.29, 1.82) is 0 Å². The van der Waals surface area contributed by atoms with E-state index in [0.717, 1.165) is 29.7 Å². The van der Waals surface area contributed by atoms with Crippen LogP contribution in [-0.4, -0.2) is 28.2 Å². The first kappa shape index (κ1) is 14.8. The van der Waals surface area contributed by atoms with Crippen molar-refractivity contribution in [2.75, 3.05) is 11.0 Å². The fourth-order valence-corrected chi connectivity index (χ4v) is 4.14. The van der Waals surface area contributed by atoms with Crippen molar-refractivity contribution in [3.05, 3.63) is 35.7 Å². The number of phenolic OH excluding ortho intramolecular Hbond substituents is 1. The highest BCUT2D eigenvalue weighted by atomic mass is 32.2. The van der Waals surface area contributed by atoms with Gasteiger partial charge in [0.1, 0.15) is 9.96 Å². The lowest BCUT2D eigenvalue weighted by atomic mass is 10.3. The van der Waals surface area contributed by atoms with Crippen LogP contribution in [0.2, 0.25) is 0 Å². The lowest BCUT2D eigenvalue weighted by molar-refractivity contribution is 0.477. The molecule has 0 aliphatic heterocycles. The number of sulfone groups is 1. The predicted molar refractivity (Wildman–Crippen MR) is 76.3 cm³/mol. The van der Waals surface area contributed by atoms with Crippen molar-refractivity contribution in [2.45, 2.75) is 9.10 Å². The number of sulfonamides is 1. The Balaban J connectivity index is 2.44. The quantitative estimate of drug-likeness (QED) is 0.829. The predicted octanol–water partition coefficient (Wildman–Crippen LogP) is 1.66. The smallest absolute Gasteiger partial charge is 0.271 e. The summed E-state index contributed by atoms with van der Waals surface area (Å²) in [6, 6.07) is 6.39. The molecule has 1 aromatic carbocycles. The number of aromatic hydroxyl groups is 1. The summed E-state index contributed by atoms with van der Waals surface area (Å²) in [5.74, 6) is -0.350. The zero-order chi connectivity index (χ0) is 15.0. The Hall–Kier alpha value is -1.58. The van der Waals surface area contributed by atoms with Gasteiger partial charge in [0.2, 0.25) is 0 Å². The lowest BCUT2D eigenvalue weighted by Crippen LogP contribution is -2.12. The van der Waals surface area contributed by atoms with Gasteiger partial charge in [-0.3, -0.25) is 4.72 Å². The number of hydrogen-bond donors (Lipinski definition) is 2. The van der Waals surface area contributed by atoms with Crippen molar-refractivity contribution in [3.63, 3.8) is 0 Å². The van der Waals surface area contributed by atoms with Gasteiger partial charge in [-0.15, -0.1) is 11.3 Å². The van der Waals surface area contributed by atoms with Crippen LogP contribution in [0.25, 0.3) is 0 Å². The van der Waals surface area contributed by atoms with Gasteiger partial charge in [0.05, 0.1) is 10.6 Å². The van der Waals surface area contributed by atoms with Crippen molar-refractivity contribution < 1.29 is 21.9 Å². The summed E-state index contributed by atoms with van der Waals surface area (Å²) >= 11 is 1.01. The van der Waals surface area contributed by atoms with E-state index >= 15 is 0 Å². The highest BCUT2D eigenvalue weighted by Crippen LogP contribution is 2.29. The Morgan fingerprint density at radius 3 is 2.40 bits per heavy atom. The summed E-state index contributed by atoms with van der Waals surface area (Å²) in [6.45, 7) is 0. The molecule has 0 amide bonds. The first-order chi connectivity index (χ1) is 9.20. The van der Waals surface area contributed by atoms with E-state index in [9.17, 15) is 21.9 Å². The van der Waals surface area contributed by atoms with E-state index in [-0.39, 0.29) is 20.5 Å². The zero-order valence-corrected chi connectivity index (χ0v) is 12.7. The molecule has 108 valence electrons. The van der Waals surface area contributed by atoms with E-state index in [4.69, 9.17) is 0 Å². The average Bonchev–Trinajstić information content (AvgIpc) is 2.84. The third-order valence-electron chi connectivity index (χ3n) is 2.40. The Morgan fingerprint density at radius 1 is 1.15 bits per heavy atom. The summed E-state index contributed by atoms with van der Waals surface area (Å²) < 4.78 is 49.1. The van der Waals surface area contributed by atoms with Crippen LogP contribution in [0.3, 0.4) is 0 Å². The Bertz CT molecular complexity index is 823. The molecule has 20 heavy (non-hydrogen) atoms. The van der Waals surface area contributed by atoms with Crippen molar-refractivity contribution in [2.24, 2.45) is 0 Å². The summed E-state index contributed by atoms with van der Waals surface area (Å²) in [7, 11) is -7.34. The van der Waals surface area contributed by atoms with E-state index in [2.05, 4.69) is 4.72 Å². The van der Waals surface area contributed by atoms with Gasteiger partial charge >= 0.3 is 0 Å². The molecule has 9 heteroatoms. The Morgan fingerprint density at radius 2 is 1.85 bits per heavy atom. The van der Waals surface area contributed by atoms with Gasteiger partial charge < -0.3 is 5.11 Å². The van der Waals surface area contributed by atoms with E-state index in [1.807, 2.05) is 0 Å².